The fourth-order valence-electron chi connectivity index (χ4n) is 3.44. The number of nitrogens with zero attached hydrogens (tertiary/aromatic N) is 6. The number of hydrogen-bond donors (Lipinski definition) is 0. The van der Waals surface area contributed by atoms with Gasteiger partial charge in [0.05, 0.1) is 13.7 Å². The number of aromatic nitrogens is 5. The second kappa shape index (κ2) is 7.11. The van der Waals surface area contributed by atoms with Gasteiger partial charge in [0.2, 0.25) is 5.65 Å². The van der Waals surface area contributed by atoms with E-state index in [1.54, 1.807) is 16.2 Å². The lowest BCUT2D eigenvalue weighted by Crippen LogP contribution is -2.40. The van der Waals surface area contributed by atoms with Gasteiger partial charge in [0.1, 0.15) is 11.6 Å². The van der Waals surface area contributed by atoms with Crippen LogP contribution < -0.4 is 10.3 Å². The van der Waals surface area contributed by atoms with Crippen LogP contribution in [0.3, 0.4) is 0 Å². The molecule has 8 nitrogen and oxygen atoms in total. The lowest BCUT2D eigenvalue weighted by molar-refractivity contribution is 0.201. The van der Waals surface area contributed by atoms with Gasteiger partial charge in [-0.25, -0.2) is 0 Å². The maximum absolute atomic E-state index is 12.8. The van der Waals surface area contributed by atoms with Crippen LogP contribution in [0.2, 0.25) is 0 Å². The van der Waals surface area contributed by atoms with Crippen molar-refractivity contribution in [2.24, 2.45) is 5.92 Å². The van der Waals surface area contributed by atoms with Crippen molar-refractivity contribution < 1.29 is 4.74 Å². The zero-order valence-corrected chi connectivity index (χ0v) is 15.9. The van der Waals surface area contributed by atoms with Crippen molar-refractivity contribution in [3.8, 4) is 5.75 Å². The Hall–Kier alpha value is -2.74. The Labute approximate surface area is 157 Å². The predicted octanol–water partition coefficient (Wildman–Crippen LogP) is 1.51. The zero-order chi connectivity index (χ0) is 19.0. The Morgan fingerprint density at radius 3 is 2.63 bits per heavy atom. The minimum absolute atomic E-state index is 0.105. The molecule has 0 radical (unpaired) electrons. The quantitative estimate of drug-likeness (QED) is 0.679. The molecule has 0 N–H and O–H groups in total. The highest BCUT2D eigenvalue weighted by Crippen LogP contribution is 2.16. The molecule has 1 aliphatic rings. The summed E-state index contributed by atoms with van der Waals surface area (Å²) in [5.41, 5.74) is 1.42. The van der Waals surface area contributed by atoms with Crippen molar-refractivity contribution in [2.45, 2.75) is 39.9 Å². The molecule has 0 fully saturated rings. The van der Waals surface area contributed by atoms with Crippen LogP contribution in [0.15, 0.2) is 29.1 Å². The largest absolute Gasteiger partial charge is 0.497 e. The van der Waals surface area contributed by atoms with Crippen LogP contribution in [0.4, 0.5) is 0 Å². The first-order chi connectivity index (χ1) is 13.0. The molecule has 3 heterocycles. The highest BCUT2D eigenvalue weighted by atomic mass is 16.5. The van der Waals surface area contributed by atoms with Gasteiger partial charge in [-0.3, -0.25) is 14.3 Å². The Bertz CT molecular complexity index is 1010. The third kappa shape index (κ3) is 3.44. The Morgan fingerprint density at radius 2 is 1.93 bits per heavy atom. The summed E-state index contributed by atoms with van der Waals surface area (Å²) in [5, 5.41) is 13.0. The van der Waals surface area contributed by atoms with Gasteiger partial charge >= 0.3 is 0 Å². The van der Waals surface area contributed by atoms with Crippen molar-refractivity contribution in [3.63, 3.8) is 0 Å². The van der Waals surface area contributed by atoms with Crippen molar-refractivity contribution in [1.29, 1.82) is 0 Å². The molecule has 3 aromatic rings. The monoisotopic (exact) mass is 368 g/mol. The standard InChI is InChI=1S/C19H24N6O2/c1-13(2)10-16-20-21-18-19(26)24-9-8-23(12-17(24)22-25(16)18)11-14-4-6-15(27-3)7-5-14/h4-7,13H,8-12H2,1-3H3. The number of ether oxygens (including phenoxy) is 1. The molecule has 0 aliphatic carbocycles. The average Bonchev–Trinajstić information content (AvgIpc) is 3.05. The molecule has 142 valence electrons. The molecular formula is C19H24N6O2. The highest BCUT2D eigenvalue weighted by molar-refractivity contribution is 5.33. The summed E-state index contributed by atoms with van der Waals surface area (Å²) in [6.07, 6.45) is 0.743. The molecule has 0 atom stereocenters. The van der Waals surface area contributed by atoms with E-state index in [1.807, 2.05) is 12.1 Å². The van der Waals surface area contributed by atoms with Gasteiger partial charge in [0.25, 0.3) is 5.56 Å². The maximum atomic E-state index is 12.8. The van der Waals surface area contributed by atoms with E-state index in [9.17, 15) is 4.79 Å². The third-order valence-corrected chi connectivity index (χ3v) is 4.83. The van der Waals surface area contributed by atoms with Crippen LogP contribution >= 0.6 is 0 Å². The van der Waals surface area contributed by atoms with Crippen molar-refractivity contribution in [2.75, 3.05) is 13.7 Å². The number of fused-ring (bicyclic) bond motifs is 2. The normalized spacial score (nSPS) is 14.7. The van der Waals surface area contributed by atoms with E-state index in [0.29, 0.717) is 24.7 Å². The highest BCUT2D eigenvalue weighted by Gasteiger charge is 2.22. The third-order valence-electron chi connectivity index (χ3n) is 4.83. The van der Waals surface area contributed by atoms with Crippen LogP contribution in [0.5, 0.6) is 5.75 Å². The van der Waals surface area contributed by atoms with E-state index >= 15 is 0 Å². The Kier molecular flexibility index (Phi) is 4.65. The van der Waals surface area contributed by atoms with Crippen LogP contribution in [0.1, 0.15) is 31.1 Å². The smallest absolute Gasteiger partial charge is 0.299 e. The first-order valence-corrected chi connectivity index (χ1v) is 9.24. The van der Waals surface area contributed by atoms with Crippen LogP contribution in [0, 0.1) is 5.92 Å². The van der Waals surface area contributed by atoms with Gasteiger partial charge in [0, 0.05) is 26.1 Å². The molecule has 0 saturated heterocycles. The minimum atomic E-state index is -0.105. The second-order valence-electron chi connectivity index (χ2n) is 7.38. The maximum Gasteiger partial charge on any atom is 0.299 e. The number of methoxy groups -OCH3 is 1. The topological polar surface area (TPSA) is 77.6 Å². The van der Waals surface area contributed by atoms with Crippen LogP contribution in [-0.4, -0.2) is 42.9 Å². The van der Waals surface area contributed by atoms with Gasteiger partial charge in [-0.1, -0.05) is 26.0 Å². The molecule has 4 rings (SSSR count). The van der Waals surface area contributed by atoms with Gasteiger partial charge in [0.15, 0.2) is 5.82 Å². The summed E-state index contributed by atoms with van der Waals surface area (Å²) in [4.78, 5) is 15.1. The van der Waals surface area contributed by atoms with Gasteiger partial charge < -0.3 is 4.74 Å². The number of hydrogen-bond acceptors (Lipinski definition) is 6. The molecule has 0 saturated carbocycles. The lowest BCUT2D eigenvalue weighted by Gasteiger charge is -2.28. The molecular weight excluding hydrogens is 344 g/mol. The minimum Gasteiger partial charge on any atom is -0.497 e. The summed E-state index contributed by atoms with van der Waals surface area (Å²) in [5.74, 6) is 2.78. The van der Waals surface area contributed by atoms with E-state index in [4.69, 9.17) is 9.84 Å². The van der Waals surface area contributed by atoms with Crippen molar-refractivity contribution >= 4 is 5.65 Å². The molecule has 0 amide bonds. The average molecular weight is 368 g/mol. The molecule has 27 heavy (non-hydrogen) atoms. The summed E-state index contributed by atoms with van der Waals surface area (Å²) >= 11 is 0. The number of benzene rings is 1. The summed E-state index contributed by atoms with van der Waals surface area (Å²) in [6, 6.07) is 8.07. The SMILES string of the molecule is COc1ccc(CN2CCn3c(nn4c(CC(C)C)nnc4c3=O)C2)cc1. The predicted molar refractivity (Wildman–Crippen MR) is 101 cm³/mol. The van der Waals surface area contributed by atoms with Crippen molar-refractivity contribution in [1.82, 2.24) is 29.3 Å². The van der Waals surface area contributed by atoms with Crippen LogP contribution in [-0.2, 0) is 26.1 Å². The van der Waals surface area contributed by atoms with Gasteiger partial charge in [-0.15, -0.1) is 15.3 Å². The second-order valence-corrected chi connectivity index (χ2v) is 7.38. The molecule has 8 heteroatoms. The Morgan fingerprint density at radius 1 is 1.15 bits per heavy atom. The van der Waals surface area contributed by atoms with Gasteiger partial charge in [-0.2, -0.15) is 4.52 Å². The number of rotatable bonds is 5. The van der Waals surface area contributed by atoms with Gasteiger partial charge in [-0.05, 0) is 23.6 Å². The van der Waals surface area contributed by atoms with E-state index in [-0.39, 0.29) is 5.56 Å². The fourth-order valence-corrected chi connectivity index (χ4v) is 3.44. The fraction of sp³-hybridized carbons (Fsp3) is 0.474. The Balaban J connectivity index is 1.60. The first kappa shape index (κ1) is 17.7. The van der Waals surface area contributed by atoms with E-state index in [2.05, 4.69) is 41.1 Å². The van der Waals surface area contributed by atoms with Crippen molar-refractivity contribution in [3.05, 3.63) is 51.8 Å². The summed E-state index contributed by atoms with van der Waals surface area (Å²) in [7, 11) is 1.67. The lowest BCUT2D eigenvalue weighted by atomic mass is 10.1. The molecule has 0 spiro atoms. The van der Waals surface area contributed by atoms with Crippen LogP contribution in [0.25, 0.3) is 5.65 Å². The van der Waals surface area contributed by atoms with E-state index in [1.165, 1.54) is 5.56 Å². The summed E-state index contributed by atoms with van der Waals surface area (Å²) in [6.45, 7) is 7.06. The van der Waals surface area contributed by atoms with E-state index < -0.39 is 0 Å². The first-order valence-electron chi connectivity index (χ1n) is 9.24. The molecule has 0 unspecified atom stereocenters. The molecule has 1 aromatic carbocycles. The molecule has 1 aliphatic heterocycles. The zero-order valence-electron chi connectivity index (χ0n) is 15.9. The molecule has 0 bridgehead atoms. The summed E-state index contributed by atoms with van der Waals surface area (Å²) < 4.78 is 8.57. The molecule has 2 aromatic heterocycles. The van der Waals surface area contributed by atoms with E-state index in [0.717, 1.165) is 36.9 Å².